The van der Waals surface area contributed by atoms with E-state index >= 15 is 0 Å². The van der Waals surface area contributed by atoms with Crippen LogP contribution in [0, 0.1) is 0 Å². The quantitative estimate of drug-likeness (QED) is 0.145. The standard InChI is InChI=1S/C56H40N2/c1-4-16-41(17-5-1)47-38-48(42-18-6-2-7-19-42)40-52(39-47)58(56-29-15-23-46-21-11-13-27-54(46)56)51-36-32-44(33-37-51)43-30-34-50(35-31-43)57(49-24-8-3-9-25-49)55-28-14-22-45-20-10-12-26-53(45)55/h1-40H. The van der Waals surface area contributed by atoms with Gasteiger partial charge in [0.2, 0.25) is 0 Å². The Bertz CT molecular complexity index is 2910. The Kier molecular flexibility index (Phi) is 9.27. The fraction of sp³-hybridized carbons (Fsp3) is 0. The zero-order valence-electron chi connectivity index (χ0n) is 32.0. The van der Waals surface area contributed by atoms with Crippen LogP contribution in [0.4, 0.5) is 34.1 Å². The molecule has 2 nitrogen and oxygen atoms in total. The van der Waals surface area contributed by atoms with E-state index in [9.17, 15) is 0 Å². The molecule has 274 valence electrons. The van der Waals surface area contributed by atoms with Crippen LogP contribution in [0.5, 0.6) is 0 Å². The van der Waals surface area contributed by atoms with Crippen molar-refractivity contribution in [3.8, 4) is 33.4 Å². The van der Waals surface area contributed by atoms with Crippen molar-refractivity contribution in [1.82, 2.24) is 0 Å². The second kappa shape index (κ2) is 15.5. The summed E-state index contributed by atoms with van der Waals surface area (Å²) < 4.78 is 0. The lowest BCUT2D eigenvalue weighted by Crippen LogP contribution is -2.11. The fourth-order valence-corrected chi connectivity index (χ4v) is 8.18. The maximum atomic E-state index is 2.41. The molecule has 10 aromatic carbocycles. The molecule has 0 aromatic heterocycles. The Morgan fingerprint density at radius 3 is 1.02 bits per heavy atom. The largest absolute Gasteiger partial charge is 0.310 e. The van der Waals surface area contributed by atoms with E-state index in [1.807, 2.05) is 0 Å². The number of rotatable bonds is 9. The van der Waals surface area contributed by atoms with E-state index in [2.05, 4.69) is 252 Å². The molecule has 0 aliphatic carbocycles. The van der Waals surface area contributed by atoms with E-state index in [0.29, 0.717) is 0 Å². The Morgan fingerprint density at radius 1 is 0.207 bits per heavy atom. The summed E-state index contributed by atoms with van der Waals surface area (Å²) in [5, 5.41) is 4.84. The van der Waals surface area contributed by atoms with Gasteiger partial charge in [0.1, 0.15) is 0 Å². The van der Waals surface area contributed by atoms with Crippen molar-refractivity contribution in [2.24, 2.45) is 0 Å². The molecule has 58 heavy (non-hydrogen) atoms. The molecule has 0 amide bonds. The van der Waals surface area contributed by atoms with Crippen molar-refractivity contribution in [2.75, 3.05) is 9.80 Å². The molecule has 0 aliphatic rings. The van der Waals surface area contributed by atoms with Gasteiger partial charge in [0.05, 0.1) is 11.4 Å². The number of benzene rings is 10. The van der Waals surface area contributed by atoms with Crippen LogP contribution in [0.1, 0.15) is 0 Å². The summed E-state index contributed by atoms with van der Waals surface area (Å²) in [5.74, 6) is 0. The molecule has 0 unspecified atom stereocenters. The topological polar surface area (TPSA) is 6.48 Å². The van der Waals surface area contributed by atoms with Gasteiger partial charge in [0.15, 0.2) is 0 Å². The molecule has 0 heterocycles. The fourth-order valence-electron chi connectivity index (χ4n) is 8.18. The van der Waals surface area contributed by atoms with Crippen LogP contribution in [0.3, 0.4) is 0 Å². The molecule has 0 spiro atoms. The third-order valence-electron chi connectivity index (χ3n) is 11.0. The molecule has 0 saturated heterocycles. The minimum absolute atomic E-state index is 1.09. The van der Waals surface area contributed by atoms with Gasteiger partial charge in [0, 0.05) is 33.5 Å². The molecule has 0 radical (unpaired) electrons. The number of hydrogen-bond acceptors (Lipinski definition) is 2. The van der Waals surface area contributed by atoms with Crippen LogP contribution in [0.15, 0.2) is 243 Å². The van der Waals surface area contributed by atoms with Crippen molar-refractivity contribution in [3.05, 3.63) is 243 Å². The summed E-state index contributed by atoms with van der Waals surface area (Å²) in [6, 6.07) is 87.3. The zero-order chi connectivity index (χ0) is 38.7. The van der Waals surface area contributed by atoms with Crippen molar-refractivity contribution in [2.45, 2.75) is 0 Å². The summed E-state index contributed by atoms with van der Waals surface area (Å²) in [7, 11) is 0. The SMILES string of the molecule is c1ccc(-c2cc(-c3ccccc3)cc(N(c3ccc(-c4ccc(N(c5ccccc5)c5cccc6ccccc56)cc4)cc3)c3cccc4ccccc34)c2)cc1. The van der Waals surface area contributed by atoms with Gasteiger partial charge in [-0.3, -0.25) is 0 Å². The summed E-state index contributed by atoms with van der Waals surface area (Å²) in [6.45, 7) is 0. The normalized spacial score (nSPS) is 11.1. The Morgan fingerprint density at radius 2 is 0.552 bits per heavy atom. The molecule has 0 saturated carbocycles. The lowest BCUT2D eigenvalue weighted by molar-refractivity contribution is 1.29. The van der Waals surface area contributed by atoms with Crippen LogP contribution in [-0.2, 0) is 0 Å². The summed E-state index contributed by atoms with van der Waals surface area (Å²) in [6.07, 6.45) is 0. The van der Waals surface area contributed by atoms with Gasteiger partial charge in [-0.25, -0.2) is 0 Å². The molecule has 10 rings (SSSR count). The van der Waals surface area contributed by atoms with Gasteiger partial charge in [-0.2, -0.15) is 0 Å². The van der Waals surface area contributed by atoms with Crippen LogP contribution in [0.25, 0.3) is 54.9 Å². The molecule has 2 heteroatoms. The van der Waals surface area contributed by atoms with Gasteiger partial charge in [-0.1, -0.05) is 176 Å². The van der Waals surface area contributed by atoms with E-state index in [1.54, 1.807) is 0 Å². The first-order chi connectivity index (χ1) is 28.8. The highest BCUT2D eigenvalue weighted by atomic mass is 15.1. The van der Waals surface area contributed by atoms with Crippen molar-refractivity contribution >= 4 is 55.7 Å². The number of para-hydroxylation sites is 1. The Hall–Kier alpha value is -7.68. The average Bonchev–Trinajstić information content (AvgIpc) is 3.31. The van der Waals surface area contributed by atoms with E-state index in [0.717, 1.165) is 45.3 Å². The third-order valence-corrected chi connectivity index (χ3v) is 11.0. The van der Waals surface area contributed by atoms with Crippen LogP contribution < -0.4 is 9.80 Å². The molecule has 0 fully saturated rings. The molecule has 0 N–H and O–H groups in total. The number of hydrogen-bond donors (Lipinski definition) is 0. The number of anilines is 6. The Labute approximate surface area is 340 Å². The number of fused-ring (bicyclic) bond motifs is 2. The molecule has 10 aromatic rings. The second-order valence-corrected chi connectivity index (χ2v) is 14.6. The van der Waals surface area contributed by atoms with Crippen LogP contribution >= 0.6 is 0 Å². The monoisotopic (exact) mass is 740 g/mol. The average molecular weight is 741 g/mol. The smallest absolute Gasteiger partial charge is 0.0540 e. The number of nitrogens with zero attached hydrogens (tertiary/aromatic N) is 2. The minimum atomic E-state index is 1.09. The lowest BCUT2D eigenvalue weighted by atomic mass is 9.96. The first-order valence-corrected chi connectivity index (χ1v) is 19.8. The van der Waals surface area contributed by atoms with Gasteiger partial charge in [0.25, 0.3) is 0 Å². The van der Waals surface area contributed by atoms with Gasteiger partial charge in [-0.05, 0) is 111 Å². The van der Waals surface area contributed by atoms with Crippen LogP contribution in [0.2, 0.25) is 0 Å². The van der Waals surface area contributed by atoms with Crippen molar-refractivity contribution < 1.29 is 0 Å². The third kappa shape index (κ3) is 6.78. The van der Waals surface area contributed by atoms with Gasteiger partial charge >= 0.3 is 0 Å². The predicted molar refractivity (Wildman–Crippen MR) is 247 cm³/mol. The van der Waals surface area contributed by atoms with Gasteiger partial charge < -0.3 is 9.80 Å². The highest BCUT2D eigenvalue weighted by molar-refractivity contribution is 6.01. The zero-order valence-corrected chi connectivity index (χ0v) is 32.0. The maximum absolute atomic E-state index is 2.41. The predicted octanol–water partition coefficient (Wildman–Crippen LogP) is 15.9. The summed E-state index contributed by atoms with van der Waals surface area (Å²) in [5.41, 5.74) is 13.7. The minimum Gasteiger partial charge on any atom is -0.310 e. The molecule has 0 bridgehead atoms. The van der Waals surface area contributed by atoms with E-state index in [1.165, 1.54) is 43.8 Å². The van der Waals surface area contributed by atoms with E-state index < -0.39 is 0 Å². The summed E-state index contributed by atoms with van der Waals surface area (Å²) >= 11 is 0. The molecule has 0 aliphatic heterocycles. The van der Waals surface area contributed by atoms with Crippen molar-refractivity contribution in [1.29, 1.82) is 0 Å². The molecule has 0 atom stereocenters. The van der Waals surface area contributed by atoms with E-state index in [-0.39, 0.29) is 0 Å². The second-order valence-electron chi connectivity index (χ2n) is 14.6. The van der Waals surface area contributed by atoms with E-state index in [4.69, 9.17) is 0 Å². The highest BCUT2D eigenvalue weighted by Crippen LogP contribution is 2.44. The lowest BCUT2D eigenvalue weighted by Gasteiger charge is -2.28. The first kappa shape index (κ1) is 34.8. The maximum Gasteiger partial charge on any atom is 0.0540 e. The first-order valence-electron chi connectivity index (χ1n) is 19.8. The highest BCUT2D eigenvalue weighted by Gasteiger charge is 2.19. The van der Waals surface area contributed by atoms with Crippen molar-refractivity contribution in [3.63, 3.8) is 0 Å². The summed E-state index contributed by atoms with van der Waals surface area (Å²) in [4.78, 5) is 4.76. The van der Waals surface area contributed by atoms with Crippen LogP contribution in [-0.4, -0.2) is 0 Å². The molecular formula is C56H40N2. The van der Waals surface area contributed by atoms with Gasteiger partial charge in [-0.15, -0.1) is 0 Å². The Balaban J connectivity index is 1.07. The molecular weight excluding hydrogens is 701 g/mol.